The molecule has 0 saturated heterocycles. The number of hydrogen-bond donors (Lipinski definition) is 0. The Morgan fingerprint density at radius 3 is 1.41 bits per heavy atom. The van der Waals surface area contributed by atoms with E-state index in [1.807, 2.05) is 72.8 Å². The Morgan fingerprint density at radius 1 is 0.595 bits per heavy atom. The predicted octanol–water partition coefficient (Wildman–Crippen LogP) is 5.98. The maximum Gasteiger partial charge on any atom is 0.169 e. The van der Waals surface area contributed by atoms with E-state index in [0.29, 0.717) is 13.2 Å². The highest BCUT2D eigenvalue weighted by atomic mass is 79.9. The summed E-state index contributed by atoms with van der Waals surface area (Å²) in [4.78, 5) is 10.8. The Kier molecular flexibility index (Phi) is 10.4. The number of benzene rings is 2. The van der Waals surface area contributed by atoms with Crippen molar-refractivity contribution in [2.75, 3.05) is 0 Å². The highest BCUT2D eigenvalue weighted by molar-refractivity contribution is 9.10. The Balaban J connectivity index is 1.15. The summed E-state index contributed by atoms with van der Waals surface area (Å²) in [6.45, 7) is 2.71. The number of oxime groups is 2. The highest BCUT2D eigenvalue weighted by Crippen LogP contribution is 2.17. The number of rotatable bonds is 12. The minimum atomic E-state index is 0.427. The van der Waals surface area contributed by atoms with Gasteiger partial charge in [0, 0.05) is 55.5 Å². The van der Waals surface area contributed by atoms with Crippen LogP contribution in [0.5, 0.6) is 0 Å². The van der Waals surface area contributed by atoms with Crippen LogP contribution < -0.4 is 9.13 Å². The Labute approximate surface area is 234 Å². The van der Waals surface area contributed by atoms with Gasteiger partial charge in [-0.3, -0.25) is 0 Å². The lowest BCUT2D eigenvalue weighted by molar-refractivity contribution is -0.726. The molecule has 0 fully saturated rings. The molecule has 0 atom stereocenters. The second kappa shape index (κ2) is 14.4. The van der Waals surface area contributed by atoms with E-state index in [1.165, 1.54) is 0 Å². The average molecular weight is 624 g/mol. The fourth-order valence-corrected chi connectivity index (χ4v) is 4.28. The van der Waals surface area contributed by atoms with Crippen LogP contribution in [0.4, 0.5) is 0 Å². The smallest absolute Gasteiger partial charge is 0.169 e. The first-order valence-electron chi connectivity index (χ1n) is 11.9. The summed E-state index contributed by atoms with van der Waals surface area (Å²) in [6.07, 6.45) is 12.7. The van der Waals surface area contributed by atoms with Crippen LogP contribution in [0.1, 0.15) is 28.7 Å². The molecule has 0 unspecified atom stereocenters. The number of aryl methyl sites for hydroxylation is 2. The zero-order valence-corrected chi connectivity index (χ0v) is 23.5. The molecule has 0 aliphatic carbocycles. The molecule has 2 aromatic carbocycles. The number of pyridine rings is 2. The molecule has 0 bridgehead atoms. The van der Waals surface area contributed by atoms with E-state index in [1.54, 1.807) is 12.4 Å². The zero-order chi connectivity index (χ0) is 25.7. The van der Waals surface area contributed by atoms with E-state index < -0.39 is 0 Å². The quantitative estimate of drug-likeness (QED) is 0.111. The van der Waals surface area contributed by atoms with Crippen molar-refractivity contribution in [1.82, 2.24) is 0 Å². The first-order chi connectivity index (χ1) is 18.2. The van der Waals surface area contributed by atoms with Crippen LogP contribution >= 0.6 is 31.9 Å². The molecule has 2 heterocycles. The number of nitrogens with zero attached hydrogens (tertiary/aromatic N) is 4. The van der Waals surface area contributed by atoms with Crippen LogP contribution in [-0.2, 0) is 36.0 Å². The molecule has 0 aliphatic heterocycles. The van der Waals surface area contributed by atoms with E-state index >= 15 is 0 Å². The van der Waals surface area contributed by atoms with Crippen molar-refractivity contribution in [3.8, 4) is 0 Å². The van der Waals surface area contributed by atoms with Crippen molar-refractivity contribution in [3.63, 3.8) is 0 Å². The molecular weight excluding hydrogens is 596 g/mol. The molecule has 0 aliphatic rings. The maximum atomic E-state index is 5.42. The molecule has 0 radical (unpaired) electrons. The van der Waals surface area contributed by atoms with Crippen LogP contribution in [-0.4, -0.2) is 12.4 Å². The fourth-order valence-electron chi connectivity index (χ4n) is 3.48. The maximum absolute atomic E-state index is 5.42. The summed E-state index contributed by atoms with van der Waals surface area (Å²) in [5, 5.41) is 8.16. The fraction of sp³-hybridized carbons (Fsp3) is 0.172. The lowest BCUT2D eigenvalue weighted by Gasteiger charge is -2.02. The lowest BCUT2D eigenvalue weighted by Crippen LogP contribution is -2.38. The molecule has 2 aromatic heterocycles. The normalized spacial score (nSPS) is 11.3. The van der Waals surface area contributed by atoms with Crippen molar-refractivity contribution in [3.05, 3.63) is 129 Å². The largest absolute Gasteiger partial charge is 0.391 e. The molecule has 0 spiro atoms. The monoisotopic (exact) mass is 622 g/mol. The van der Waals surface area contributed by atoms with Gasteiger partial charge in [-0.15, -0.1) is 0 Å². The van der Waals surface area contributed by atoms with Crippen molar-refractivity contribution >= 4 is 44.3 Å². The molecule has 188 valence electrons. The van der Waals surface area contributed by atoms with Crippen LogP contribution in [0.15, 0.2) is 117 Å². The van der Waals surface area contributed by atoms with E-state index in [-0.39, 0.29) is 0 Å². The van der Waals surface area contributed by atoms with Gasteiger partial charge in [-0.1, -0.05) is 78.6 Å². The molecule has 4 rings (SSSR count). The summed E-state index contributed by atoms with van der Waals surface area (Å²) in [5.41, 5.74) is 4.12. The second-order valence-electron chi connectivity index (χ2n) is 8.29. The van der Waals surface area contributed by atoms with Crippen LogP contribution in [0.3, 0.4) is 0 Å². The summed E-state index contributed by atoms with van der Waals surface area (Å²) in [5.74, 6) is 0. The topological polar surface area (TPSA) is 50.9 Å². The van der Waals surface area contributed by atoms with E-state index in [9.17, 15) is 0 Å². The van der Waals surface area contributed by atoms with Crippen LogP contribution in [0.2, 0.25) is 0 Å². The van der Waals surface area contributed by atoms with Gasteiger partial charge in [0.25, 0.3) is 0 Å². The van der Waals surface area contributed by atoms with Gasteiger partial charge in [-0.25, -0.2) is 9.13 Å². The standard InChI is InChI=1S/C29H28Br2N4O2/c30-28-8-3-1-6-26(28)22-36-32-20-24-10-16-34(17-11-24)14-5-15-35-18-12-25(13-19-35)21-33-37-23-27-7-2-4-9-29(27)31/h1-4,6-13,16-21H,5,14-15,22-23H2/q+2/b32-20+,33-21+. The van der Waals surface area contributed by atoms with Gasteiger partial charge in [0.1, 0.15) is 13.2 Å². The third kappa shape index (κ3) is 8.91. The first kappa shape index (κ1) is 26.7. The van der Waals surface area contributed by atoms with Crippen LogP contribution in [0, 0.1) is 0 Å². The molecular formula is C29H28Br2N4O2+2. The summed E-state index contributed by atoms with van der Waals surface area (Å²) in [6, 6.07) is 24.0. The van der Waals surface area contributed by atoms with Crippen molar-refractivity contribution < 1.29 is 18.8 Å². The molecule has 6 nitrogen and oxygen atoms in total. The molecule has 4 aromatic rings. The minimum absolute atomic E-state index is 0.427. The third-order valence-electron chi connectivity index (χ3n) is 5.57. The van der Waals surface area contributed by atoms with Crippen LogP contribution in [0.25, 0.3) is 0 Å². The Morgan fingerprint density at radius 2 is 1.00 bits per heavy atom. The predicted molar refractivity (Wildman–Crippen MR) is 151 cm³/mol. The Bertz CT molecular complexity index is 1220. The molecule has 0 N–H and O–H groups in total. The lowest BCUT2D eigenvalue weighted by atomic mass is 10.2. The molecule has 0 amide bonds. The summed E-state index contributed by atoms with van der Waals surface area (Å²) >= 11 is 7.03. The molecule has 0 saturated carbocycles. The van der Waals surface area contributed by atoms with Gasteiger partial charge in [0.2, 0.25) is 0 Å². The highest BCUT2D eigenvalue weighted by Gasteiger charge is 2.05. The van der Waals surface area contributed by atoms with Gasteiger partial charge >= 0.3 is 0 Å². The number of hydrogen-bond acceptors (Lipinski definition) is 4. The summed E-state index contributed by atoms with van der Waals surface area (Å²) in [7, 11) is 0. The van der Waals surface area contributed by atoms with Gasteiger partial charge in [0.05, 0.1) is 18.9 Å². The second-order valence-corrected chi connectivity index (χ2v) is 10.00. The average Bonchev–Trinajstić information content (AvgIpc) is 2.92. The van der Waals surface area contributed by atoms with Crippen molar-refractivity contribution in [1.29, 1.82) is 0 Å². The first-order valence-corrected chi connectivity index (χ1v) is 13.5. The number of aromatic nitrogens is 2. The van der Waals surface area contributed by atoms with E-state index in [0.717, 1.165) is 50.7 Å². The van der Waals surface area contributed by atoms with Gasteiger partial charge in [-0.05, 0) is 12.1 Å². The zero-order valence-electron chi connectivity index (χ0n) is 20.3. The third-order valence-corrected chi connectivity index (χ3v) is 7.12. The van der Waals surface area contributed by atoms with Gasteiger partial charge in [0.15, 0.2) is 37.9 Å². The van der Waals surface area contributed by atoms with E-state index in [2.05, 4.69) is 76.1 Å². The summed E-state index contributed by atoms with van der Waals surface area (Å²) < 4.78 is 6.38. The molecule has 8 heteroatoms. The van der Waals surface area contributed by atoms with Crippen molar-refractivity contribution in [2.24, 2.45) is 10.3 Å². The number of halogens is 2. The van der Waals surface area contributed by atoms with Gasteiger partial charge < -0.3 is 9.68 Å². The minimum Gasteiger partial charge on any atom is -0.391 e. The van der Waals surface area contributed by atoms with E-state index in [4.69, 9.17) is 9.68 Å². The Hall–Kier alpha value is -3.36. The van der Waals surface area contributed by atoms with Crippen molar-refractivity contribution in [2.45, 2.75) is 32.7 Å². The van der Waals surface area contributed by atoms with Gasteiger partial charge in [-0.2, -0.15) is 0 Å². The SMILES string of the molecule is Brc1ccccc1CO/N=C/c1cc[n+](CCC[n+]2ccc(/C=N/OCc3ccccc3Br)cc2)cc1. The molecule has 37 heavy (non-hydrogen) atoms.